The van der Waals surface area contributed by atoms with E-state index in [1.807, 2.05) is 20.8 Å². The van der Waals surface area contributed by atoms with Gasteiger partial charge in [0.1, 0.15) is 11.6 Å². The van der Waals surface area contributed by atoms with Crippen molar-refractivity contribution in [3.63, 3.8) is 0 Å². The molecule has 0 aromatic carbocycles. The lowest BCUT2D eigenvalue weighted by Gasteiger charge is -2.14. The number of pyridine rings is 1. The van der Waals surface area contributed by atoms with Gasteiger partial charge < -0.3 is 0 Å². The molecule has 1 rings (SSSR count). The minimum Gasteiger partial charge on any atom is -0.255 e. The molecule has 0 spiro atoms. The van der Waals surface area contributed by atoms with Gasteiger partial charge in [-0.1, -0.05) is 20.8 Å². The molecule has 0 fully saturated rings. The summed E-state index contributed by atoms with van der Waals surface area (Å²) in [5, 5.41) is 0. The number of hydrogen-bond acceptors (Lipinski definition) is 1. The summed E-state index contributed by atoms with van der Waals surface area (Å²) in [6, 6.07) is 0.876. The first-order valence-electron chi connectivity index (χ1n) is 4.33. The van der Waals surface area contributed by atoms with Crippen LogP contribution in [-0.4, -0.2) is 4.98 Å². The zero-order valence-corrected chi connectivity index (χ0v) is 8.01. The van der Waals surface area contributed by atoms with Crippen molar-refractivity contribution in [1.82, 2.24) is 4.98 Å². The Balaban J connectivity index is 3.01. The monoisotopic (exact) mass is 185 g/mol. The lowest BCUT2D eigenvalue weighted by molar-refractivity contribution is 0.478. The second kappa shape index (κ2) is 3.81. The van der Waals surface area contributed by atoms with Gasteiger partial charge in [-0.15, -0.1) is 0 Å². The maximum absolute atomic E-state index is 13.2. The van der Waals surface area contributed by atoms with Crippen LogP contribution >= 0.6 is 0 Å². The summed E-state index contributed by atoms with van der Waals surface area (Å²) in [6.07, 6.45) is 1.05. The van der Waals surface area contributed by atoms with Crippen LogP contribution in [0.3, 0.4) is 0 Å². The van der Waals surface area contributed by atoms with Gasteiger partial charge in [0.15, 0.2) is 0 Å². The molecular weight excluding hydrogens is 172 g/mol. The molecule has 72 valence electrons. The Kier molecular flexibility index (Phi) is 2.96. The first-order valence-corrected chi connectivity index (χ1v) is 4.33. The Bertz CT molecular complexity index is 297. The highest BCUT2D eigenvalue weighted by Gasteiger charge is 2.16. The van der Waals surface area contributed by atoms with Crippen molar-refractivity contribution in [2.75, 3.05) is 0 Å². The largest absolute Gasteiger partial charge is 0.255 e. The van der Waals surface area contributed by atoms with Gasteiger partial charge in [0, 0.05) is 12.0 Å². The molecule has 0 aliphatic carbocycles. The smallest absolute Gasteiger partial charge is 0.147 e. The number of nitrogens with zero attached hydrogens (tertiary/aromatic N) is 1. The van der Waals surface area contributed by atoms with E-state index in [1.165, 1.54) is 0 Å². The zero-order valence-electron chi connectivity index (χ0n) is 8.01. The summed E-state index contributed by atoms with van der Waals surface area (Å²) < 4.78 is 25.7. The van der Waals surface area contributed by atoms with Crippen LogP contribution in [0, 0.1) is 17.6 Å². The molecule has 3 heteroatoms. The molecule has 0 bridgehead atoms. The summed E-state index contributed by atoms with van der Waals surface area (Å²) >= 11 is 0. The molecule has 0 aliphatic heterocycles. The molecule has 1 aromatic rings. The van der Waals surface area contributed by atoms with E-state index < -0.39 is 11.6 Å². The van der Waals surface area contributed by atoms with Crippen molar-refractivity contribution in [3.8, 4) is 0 Å². The van der Waals surface area contributed by atoms with Crippen LogP contribution in [-0.2, 0) is 0 Å². The van der Waals surface area contributed by atoms with Gasteiger partial charge in [-0.3, -0.25) is 4.98 Å². The van der Waals surface area contributed by atoms with E-state index in [1.54, 1.807) is 0 Å². The summed E-state index contributed by atoms with van der Waals surface area (Å²) in [6.45, 7) is 5.85. The Morgan fingerprint density at radius 3 is 2.31 bits per heavy atom. The molecule has 0 saturated carbocycles. The van der Waals surface area contributed by atoms with Crippen LogP contribution in [0.5, 0.6) is 0 Å². The quantitative estimate of drug-likeness (QED) is 0.689. The maximum atomic E-state index is 13.2. The Labute approximate surface area is 76.8 Å². The standard InChI is InChI=1S/C10H13F2N/c1-6(2)7(3)10-9(12)4-8(11)5-13-10/h4-7H,1-3H3/t7-/m0/s1. The number of rotatable bonds is 2. The fraction of sp³-hybridized carbons (Fsp3) is 0.500. The van der Waals surface area contributed by atoms with Crippen molar-refractivity contribution in [1.29, 1.82) is 0 Å². The first kappa shape index (κ1) is 10.1. The highest BCUT2D eigenvalue weighted by atomic mass is 19.1. The normalized spacial score (nSPS) is 13.4. The summed E-state index contributed by atoms with van der Waals surface area (Å²) in [5.41, 5.74) is 0.344. The van der Waals surface area contributed by atoms with E-state index in [0.29, 0.717) is 11.6 Å². The van der Waals surface area contributed by atoms with Crippen LogP contribution in [0.25, 0.3) is 0 Å². The molecule has 0 unspecified atom stereocenters. The second-order valence-electron chi connectivity index (χ2n) is 3.55. The van der Waals surface area contributed by atoms with Crippen molar-refractivity contribution in [2.45, 2.75) is 26.7 Å². The average molecular weight is 185 g/mol. The molecule has 0 N–H and O–H groups in total. The number of hydrogen-bond donors (Lipinski definition) is 0. The SMILES string of the molecule is CC(C)[C@H](C)c1ncc(F)cc1F. The highest BCUT2D eigenvalue weighted by molar-refractivity contribution is 5.13. The Morgan fingerprint density at radius 1 is 1.23 bits per heavy atom. The van der Waals surface area contributed by atoms with Gasteiger partial charge in [-0.05, 0) is 5.92 Å². The third-order valence-corrected chi connectivity index (χ3v) is 2.27. The molecule has 0 amide bonds. The van der Waals surface area contributed by atoms with Gasteiger partial charge in [-0.25, -0.2) is 8.78 Å². The van der Waals surface area contributed by atoms with E-state index in [2.05, 4.69) is 4.98 Å². The van der Waals surface area contributed by atoms with Crippen LogP contribution < -0.4 is 0 Å². The lowest BCUT2D eigenvalue weighted by Crippen LogP contribution is -2.07. The van der Waals surface area contributed by atoms with E-state index in [4.69, 9.17) is 0 Å². The maximum Gasteiger partial charge on any atom is 0.147 e. The van der Waals surface area contributed by atoms with Gasteiger partial charge in [0.05, 0.1) is 11.9 Å². The fourth-order valence-electron chi connectivity index (χ4n) is 1.08. The van der Waals surface area contributed by atoms with E-state index in [-0.39, 0.29) is 5.92 Å². The molecule has 1 nitrogen and oxygen atoms in total. The van der Waals surface area contributed by atoms with Gasteiger partial charge in [0.25, 0.3) is 0 Å². The predicted octanol–water partition coefficient (Wildman–Crippen LogP) is 3.12. The zero-order chi connectivity index (χ0) is 10.0. The molecule has 0 radical (unpaired) electrons. The van der Waals surface area contributed by atoms with E-state index in [9.17, 15) is 8.78 Å². The van der Waals surface area contributed by atoms with Gasteiger partial charge in [0.2, 0.25) is 0 Å². The predicted molar refractivity (Wildman–Crippen MR) is 47.4 cm³/mol. The fourth-order valence-corrected chi connectivity index (χ4v) is 1.08. The minimum atomic E-state index is -0.628. The Morgan fingerprint density at radius 2 is 1.85 bits per heavy atom. The van der Waals surface area contributed by atoms with Crippen LogP contribution in [0.1, 0.15) is 32.4 Å². The van der Waals surface area contributed by atoms with Gasteiger partial charge in [-0.2, -0.15) is 0 Å². The van der Waals surface area contributed by atoms with Crippen molar-refractivity contribution >= 4 is 0 Å². The van der Waals surface area contributed by atoms with Gasteiger partial charge >= 0.3 is 0 Å². The summed E-state index contributed by atoms with van der Waals surface area (Å²) in [4.78, 5) is 3.75. The third kappa shape index (κ3) is 2.23. The first-order chi connectivity index (χ1) is 6.02. The highest BCUT2D eigenvalue weighted by Crippen LogP contribution is 2.23. The summed E-state index contributed by atoms with van der Waals surface area (Å²) in [7, 11) is 0. The molecule has 0 saturated heterocycles. The Hall–Kier alpha value is -0.990. The van der Waals surface area contributed by atoms with E-state index >= 15 is 0 Å². The van der Waals surface area contributed by atoms with Crippen molar-refractivity contribution in [3.05, 3.63) is 29.6 Å². The number of aromatic nitrogens is 1. The molecular formula is C10H13F2N. The van der Waals surface area contributed by atoms with E-state index in [0.717, 1.165) is 12.3 Å². The third-order valence-electron chi connectivity index (χ3n) is 2.27. The van der Waals surface area contributed by atoms with Crippen LogP contribution in [0.4, 0.5) is 8.78 Å². The molecule has 1 heterocycles. The molecule has 1 aromatic heterocycles. The number of halogens is 2. The topological polar surface area (TPSA) is 12.9 Å². The van der Waals surface area contributed by atoms with Crippen molar-refractivity contribution in [2.24, 2.45) is 5.92 Å². The molecule has 13 heavy (non-hydrogen) atoms. The molecule has 0 aliphatic rings. The van der Waals surface area contributed by atoms with Crippen molar-refractivity contribution < 1.29 is 8.78 Å². The summed E-state index contributed by atoms with van der Waals surface area (Å²) in [5.74, 6) is -0.869. The second-order valence-corrected chi connectivity index (χ2v) is 3.55. The minimum absolute atomic E-state index is 0.0144. The lowest BCUT2D eigenvalue weighted by atomic mass is 9.94. The average Bonchev–Trinajstić information content (AvgIpc) is 2.03. The molecule has 1 atom stereocenters. The van der Waals surface area contributed by atoms with Crippen LogP contribution in [0.15, 0.2) is 12.3 Å². The van der Waals surface area contributed by atoms with Crippen LogP contribution in [0.2, 0.25) is 0 Å².